The van der Waals surface area contributed by atoms with Crippen LogP contribution in [0.25, 0.3) is 0 Å². The van der Waals surface area contributed by atoms with Crippen LogP contribution in [0.3, 0.4) is 0 Å². The van der Waals surface area contributed by atoms with Gasteiger partial charge < -0.3 is 19.7 Å². The third kappa shape index (κ3) is 4.42. The summed E-state index contributed by atoms with van der Waals surface area (Å²) in [6.45, 7) is 0.767. The second-order valence-corrected chi connectivity index (χ2v) is 6.05. The highest BCUT2D eigenvalue weighted by Crippen LogP contribution is 2.44. The van der Waals surface area contributed by atoms with Crippen molar-refractivity contribution in [2.75, 3.05) is 6.61 Å². The maximum absolute atomic E-state index is 13.5. The number of hydrogen-bond acceptors (Lipinski definition) is 6. The molecule has 0 radical (unpaired) electrons. The van der Waals surface area contributed by atoms with Crippen molar-refractivity contribution in [3.63, 3.8) is 0 Å². The maximum Gasteiger partial charge on any atom is 0.442 e. The number of carbonyl (C=O) groups excluding carboxylic acids is 1. The van der Waals surface area contributed by atoms with Crippen LogP contribution in [-0.2, 0) is 9.53 Å². The lowest BCUT2D eigenvalue weighted by atomic mass is 9.93. The van der Waals surface area contributed by atoms with Crippen molar-refractivity contribution in [3.8, 4) is 5.75 Å². The molecular weight excluding hydrogens is 436 g/mol. The molecule has 29 heavy (non-hydrogen) atoms. The molecule has 2 rings (SSSR count). The van der Waals surface area contributed by atoms with Crippen LogP contribution in [0.15, 0.2) is 40.6 Å². The van der Waals surface area contributed by atoms with Gasteiger partial charge in [0.15, 0.2) is 11.5 Å². The number of benzene rings is 1. The lowest BCUT2D eigenvalue weighted by Gasteiger charge is -2.38. The molecule has 1 aromatic carbocycles. The quantitative estimate of drug-likeness (QED) is 0.542. The average molecular weight is 448 g/mol. The van der Waals surface area contributed by atoms with Gasteiger partial charge in [-0.25, -0.2) is 9.79 Å². The summed E-state index contributed by atoms with van der Waals surface area (Å²) >= 11 is 5.63. The summed E-state index contributed by atoms with van der Waals surface area (Å²) in [5.74, 6) is -4.06. The largest absolute Gasteiger partial charge is 0.507 e. The number of aliphatic hydroxyl groups is 2. The SMILES string of the molecule is CCOC(=O)C1=C(O)C(Oc2ccc(Cl)cc2)C(O)(C(F)(F)F)N=C1C(F)(F)F. The van der Waals surface area contributed by atoms with Gasteiger partial charge in [-0.1, -0.05) is 11.6 Å². The van der Waals surface area contributed by atoms with E-state index < -0.39 is 59.6 Å². The number of aliphatic imine (C=N–C) groups is 1. The van der Waals surface area contributed by atoms with Crippen LogP contribution in [0, 0.1) is 0 Å². The Morgan fingerprint density at radius 1 is 1.21 bits per heavy atom. The fourth-order valence-corrected chi connectivity index (χ4v) is 2.46. The second-order valence-electron chi connectivity index (χ2n) is 5.61. The minimum absolute atomic E-state index is 0.149. The van der Waals surface area contributed by atoms with Crippen LogP contribution in [0.2, 0.25) is 5.02 Å². The number of esters is 1. The first kappa shape index (κ1) is 22.8. The summed E-state index contributed by atoms with van der Waals surface area (Å²) in [5, 5.41) is 20.3. The second kappa shape index (κ2) is 7.75. The van der Waals surface area contributed by atoms with E-state index in [4.69, 9.17) is 16.3 Å². The number of hydrogen-bond donors (Lipinski definition) is 2. The van der Waals surface area contributed by atoms with E-state index in [9.17, 15) is 41.4 Å². The van der Waals surface area contributed by atoms with Gasteiger partial charge in [0.05, 0.1) is 6.61 Å². The Morgan fingerprint density at radius 3 is 2.21 bits per heavy atom. The Hall–Kier alpha value is -2.47. The van der Waals surface area contributed by atoms with Gasteiger partial charge in [0.25, 0.3) is 5.72 Å². The molecule has 1 aliphatic heterocycles. The molecule has 13 heteroatoms. The summed E-state index contributed by atoms with van der Waals surface area (Å²) in [7, 11) is 0. The van der Waals surface area contributed by atoms with Crippen molar-refractivity contribution in [2.45, 2.75) is 31.1 Å². The number of ether oxygens (including phenoxy) is 2. The molecule has 0 aliphatic carbocycles. The molecule has 0 saturated heterocycles. The van der Waals surface area contributed by atoms with Crippen LogP contribution in [0.1, 0.15) is 6.92 Å². The Kier molecular flexibility index (Phi) is 6.09. The molecule has 2 N–H and O–H groups in total. The van der Waals surface area contributed by atoms with E-state index in [0.29, 0.717) is 0 Å². The minimum atomic E-state index is -5.82. The van der Waals surface area contributed by atoms with E-state index in [0.717, 1.165) is 12.1 Å². The van der Waals surface area contributed by atoms with Gasteiger partial charge in [0.1, 0.15) is 11.3 Å². The van der Waals surface area contributed by atoms with E-state index in [1.54, 1.807) is 0 Å². The fraction of sp³-hybridized carbons (Fsp3) is 0.375. The summed E-state index contributed by atoms with van der Waals surface area (Å²) in [6.07, 6.45) is -14.4. The van der Waals surface area contributed by atoms with Crippen LogP contribution in [-0.4, -0.2) is 52.7 Å². The van der Waals surface area contributed by atoms with Crippen LogP contribution >= 0.6 is 11.6 Å². The number of carbonyl (C=O) groups is 1. The molecule has 6 nitrogen and oxygen atoms in total. The van der Waals surface area contributed by atoms with Gasteiger partial charge in [-0.05, 0) is 31.2 Å². The first-order chi connectivity index (χ1) is 13.2. The van der Waals surface area contributed by atoms with Crippen molar-refractivity contribution < 1.29 is 50.8 Å². The van der Waals surface area contributed by atoms with Gasteiger partial charge in [-0.15, -0.1) is 0 Å². The van der Waals surface area contributed by atoms with Gasteiger partial charge >= 0.3 is 18.3 Å². The van der Waals surface area contributed by atoms with E-state index >= 15 is 0 Å². The molecule has 160 valence electrons. The zero-order chi connectivity index (χ0) is 22.2. The van der Waals surface area contributed by atoms with Gasteiger partial charge in [-0.3, -0.25) is 0 Å². The molecule has 0 amide bonds. The molecule has 1 aliphatic rings. The minimum Gasteiger partial charge on any atom is -0.507 e. The summed E-state index contributed by atoms with van der Waals surface area (Å²) in [4.78, 5) is 14.3. The molecule has 1 heterocycles. The Morgan fingerprint density at radius 2 is 1.76 bits per heavy atom. The van der Waals surface area contributed by atoms with Crippen molar-refractivity contribution in [1.29, 1.82) is 0 Å². The van der Waals surface area contributed by atoms with E-state index in [1.165, 1.54) is 19.1 Å². The third-order valence-electron chi connectivity index (χ3n) is 3.62. The average Bonchev–Trinajstić information content (AvgIpc) is 2.58. The monoisotopic (exact) mass is 447 g/mol. The van der Waals surface area contributed by atoms with Gasteiger partial charge in [0, 0.05) is 5.02 Å². The molecule has 0 saturated carbocycles. The van der Waals surface area contributed by atoms with Crippen molar-refractivity contribution in [2.24, 2.45) is 4.99 Å². The highest BCUT2D eigenvalue weighted by atomic mass is 35.5. The predicted molar refractivity (Wildman–Crippen MR) is 86.7 cm³/mol. The first-order valence-electron chi connectivity index (χ1n) is 7.71. The smallest absolute Gasteiger partial charge is 0.442 e. The van der Waals surface area contributed by atoms with Gasteiger partial charge in [-0.2, -0.15) is 26.3 Å². The zero-order valence-electron chi connectivity index (χ0n) is 14.3. The highest BCUT2D eigenvalue weighted by molar-refractivity contribution is 6.30. The molecule has 2 atom stereocenters. The Labute approximate surface area is 164 Å². The van der Waals surface area contributed by atoms with E-state index in [1.807, 2.05) is 0 Å². The predicted octanol–water partition coefficient (Wildman–Crippen LogP) is 3.73. The maximum atomic E-state index is 13.5. The molecule has 0 aromatic heterocycles. The first-order valence-corrected chi connectivity index (χ1v) is 8.09. The number of nitrogens with zero attached hydrogens (tertiary/aromatic N) is 1. The molecule has 0 fully saturated rings. The highest BCUT2D eigenvalue weighted by Gasteiger charge is 2.67. The van der Waals surface area contributed by atoms with E-state index in [-0.39, 0.29) is 5.02 Å². The molecular formula is C16H12ClF6NO5. The van der Waals surface area contributed by atoms with Crippen molar-refractivity contribution >= 4 is 23.3 Å². The number of rotatable bonds is 4. The van der Waals surface area contributed by atoms with Crippen LogP contribution in [0.4, 0.5) is 26.3 Å². The number of dihydropyridines is 1. The molecule has 0 bridgehead atoms. The van der Waals surface area contributed by atoms with Gasteiger partial charge in [0.2, 0.25) is 6.10 Å². The normalized spacial score (nSPS) is 22.9. The Balaban J connectivity index is 2.70. The lowest BCUT2D eigenvalue weighted by Crippen LogP contribution is -2.60. The zero-order valence-corrected chi connectivity index (χ0v) is 15.1. The summed E-state index contributed by atoms with van der Waals surface area (Å²) < 4.78 is 89.5. The Bertz CT molecular complexity index is 849. The number of aliphatic hydroxyl groups excluding tert-OH is 1. The molecule has 0 spiro atoms. The third-order valence-corrected chi connectivity index (χ3v) is 3.87. The topological polar surface area (TPSA) is 88.4 Å². The fourth-order valence-electron chi connectivity index (χ4n) is 2.34. The van der Waals surface area contributed by atoms with Crippen LogP contribution < -0.4 is 4.74 Å². The van der Waals surface area contributed by atoms with E-state index in [2.05, 4.69) is 9.73 Å². The molecule has 2 unspecified atom stereocenters. The van der Waals surface area contributed by atoms with Crippen LogP contribution in [0.5, 0.6) is 5.75 Å². The van der Waals surface area contributed by atoms with Crippen molar-refractivity contribution in [1.82, 2.24) is 0 Å². The number of alkyl halides is 6. The molecule has 1 aromatic rings. The van der Waals surface area contributed by atoms with Crippen molar-refractivity contribution in [3.05, 3.63) is 40.6 Å². The summed E-state index contributed by atoms with van der Waals surface area (Å²) in [6, 6.07) is 4.40. The number of halogens is 7. The lowest BCUT2D eigenvalue weighted by molar-refractivity contribution is -0.282. The standard InChI is InChI=1S/C16H12ClF6NO5/c1-2-28-13(26)9-10(25)12(29-8-5-3-7(17)4-6-8)14(27,16(21,22)23)24-11(9)15(18,19)20/h3-6,12,25,27H,2H2,1H3. The summed E-state index contributed by atoms with van der Waals surface area (Å²) in [5.41, 5.74) is -8.71.